The molecule has 0 saturated heterocycles. The predicted octanol–water partition coefficient (Wildman–Crippen LogP) is 5.64. The molecule has 2 aromatic carbocycles. The van der Waals surface area contributed by atoms with Crippen LogP contribution in [0, 0.1) is 41.2 Å². The van der Waals surface area contributed by atoms with Crippen molar-refractivity contribution in [2.75, 3.05) is 11.5 Å². The summed E-state index contributed by atoms with van der Waals surface area (Å²) in [5, 5.41) is 0. The average molecular weight is 349 g/mol. The molecule has 137 valence electrons. The number of nitrogens with zero attached hydrogens (tertiary/aromatic N) is 1. The summed E-state index contributed by atoms with van der Waals surface area (Å²) in [5.41, 5.74) is 20.1. The highest BCUT2D eigenvalue weighted by Crippen LogP contribution is 2.19. The van der Waals surface area contributed by atoms with Crippen LogP contribution in [0.25, 0.3) is 10.9 Å². The molecule has 0 aliphatic carbocycles. The second-order valence-corrected chi connectivity index (χ2v) is 5.83. The molecule has 0 amide bonds. The fourth-order valence-corrected chi connectivity index (χ4v) is 2.42. The monoisotopic (exact) mass is 349 g/mol. The van der Waals surface area contributed by atoms with Gasteiger partial charge in [0, 0.05) is 21.2 Å². The van der Waals surface area contributed by atoms with Gasteiger partial charge in [-0.05, 0) is 62.4 Å². The number of nitrogens with two attached hydrogens (primary N) is 2. The first kappa shape index (κ1) is 25.3. The van der Waals surface area contributed by atoms with Crippen LogP contribution < -0.4 is 11.5 Å². The second kappa shape index (κ2) is 12.4. The van der Waals surface area contributed by atoms with Gasteiger partial charge in [0.05, 0.1) is 6.57 Å². The van der Waals surface area contributed by atoms with E-state index in [4.69, 9.17) is 18.0 Å². The maximum Gasteiger partial charge on any atom is 0.154 e. The number of hydrogen-bond donors (Lipinski definition) is 2. The van der Waals surface area contributed by atoms with E-state index in [0.29, 0.717) is 0 Å². The highest BCUT2D eigenvalue weighted by Gasteiger charge is 1.98. The van der Waals surface area contributed by atoms with Gasteiger partial charge >= 0.3 is 0 Å². The molecular weight excluding hydrogens is 317 g/mol. The van der Waals surface area contributed by atoms with Gasteiger partial charge in [0.15, 0.2) is 6.20 Å². The minimum atomic E-state index is 0. The van der Waals surface area contributed by atoms with Gasteiger partial charge in [-0.1, -0.05) is 35.9 Å². The van der Waals surface area contributed by atoms with Crippen molar-refractivity contribution in [1.29, 1.82) is 0 Å². The topological polar surface area (TPSA) is 56.4 Å². The van der Waals surface area contributed by atoms with Crippen LogP contribution in [0.2, 0.25) is 0 Å². The van der Waals surface area contributed by atoms with Crippen molar-refractivity contribution in [3.05, 3.63) is 88.4 Å². The Kier molecular flexibility index (Phi) is 12.1. The zero-order valence-electron chi connectivity index (χ0n) is 16.6. The Hall–Kier alpha value is -2.93. The zero-order chi connectivity index (χ0) is 19.6. The lowest BCUT2D eigenvalue weighted by Gasteiger charge is -2.05. The molecule has 26 heavy (non-hydrogen) atoms. The van der Waals surface area contributed by atoms with E-state index in [-0.39, 0.29) is 9.84 Å². The molecule has 2 aromatic rings. The number of anilines is 2. The van der Waals surface area contributed by atoms with E-state index in [1.54, 1.807) is 6.08 Å². The molecule has 2 rings (SSSR count). The Morgan fingerprint density at radius 1 is 0.846 bits per heavy atom. The third-order valence-electron chi connectivity index (χ3n) is 3.70. The highest BCUT2D eigenvalue weighted by atomic mass is 14.6. The first-order valence-corrected chi connectivity index (χ1v) is 7.99. The molecule has 0 spiro atoms. The van der Waals surface area contributed by atoms with Gasteiger partial charge < -0.3 is 11.5 Å². The fourth-order valence-electron chi connectivity index (χ4n) is 2.42. The Morgan fingerprint density at radius 3 is 1.54 bits per heavy atom. The number of aryl methyl sites for hydroxylation is 5. The van der Waals surface area contributed by atoms with Gasteiger partial charge in [-0.15, -0.1) is 13.2 Å². The summed E-state index contributed by atoms with van der Waals surface area (Å²) in [6.45, 7) is 22.7. The average Bonchev–Trinajstić information content (AvgIpc) is 2.57. The van der Waals surface area contributed by atoms with Crippen LogP contribution >= 0.6 is 0 Å². The van der Waals surface area contributed by atoms with E-state index in [2.05, 4.69) is 37.1 Å². The first-order valence-electron chi connectivity index (χ1n) is 7.99. The van der Waals surface area contributed by atoms with Gasteiger partial charge in [-0.25, -0.2) is 4.85 Å². The molecule has 0 saturated carbocycles. The molecule has 3 radical (unpaired) electrons. The molecule has 0 fully saturated rings. The molecule has 0 bridgehead atoms. The molecule has 4 N–H and O–H groups in total. The Morgan fingerprint density at radius 2 is 1.19 bits per heavy atom. The number of benzene rings is 2. The molecule has 0 heterocycles. The second-order valence-electron chi connectivity index (χ2n) is 5.83. The van der Waals surface area contributed by atoms with Gasteiger partial charge in [0.1, 0.15) is 0 Å². The van der Waals surface area contributed by atoms with Gasteiger partial charge in [-0.2, -0.15) is 0 Å². The summed E-state index contributed by atoms with van der Waals surface area (Å²) >= 11 is 0. The maximum absolute atomic E-state index is 6.62. The van der Waals surface area contributed by atoms with E-state index in [9.17, 15) is 0 Å². The van der Waals surface area contributed by atoms with Crippen LogP contribution in [0.3, 0.4) is 0 Å². The molecule has 0 aliphatic heterocycles. The van der Waals surface area contributed by atoms with Crippen molar-refractivity contribution in [2.45, 2.75) is 34.6 Å². The van der Waals surface area contributed by atoms with Crippen molar-refractivity contribution < 1.29 is 1.43 Å². The minimum Gasteiger partial charge on any atom is -0.398 e. The van der Waals surface area contributed by atoms with Gasteiger partial charge in [0.2, 0.25) is 0 Å². The Labute approximate surface area is 162 Å². The molecule has 0 unspecified atom stereocenters. The van der Waals surface area contributed by atoms with Crippen LogP contribution in [-0.2, 0) is 0 Å². The minimum absolute atomic E-state index is 0. The van der Waals surface area contributed by atoms with Crippen molar-refractivity contribution >= 4 is 25.9 Å². The number of nitrogen functional groups attached to an aromatic ring is 2. The molecule has 4 heteroatoms. The number of hydrogen-bond acceptors (Lipinski definition) is 2. The van der Waals surface area contributed by atoms with E-state index in [1.165, 1.54) is 22.9 Å². The fraction of sp³-hybridized carbons (Fsp3) is 0.227. The highest BCUT2D eigenvalue weighted by molar-refractivity contribution is 5.75. The first-order chi connectivity index (χ1) is 11.8. The van der Waals surface area contributed by atoms with Crippen LogP contribution in [0.15, 0.2) is 43.6 Å². The van der Waals surface area contributed by atoms with E-state index < -0.39 is 0 Å². The van der Waals surface area contributed by atoms with Crippen molar-refractivity contribution in [3.63, 3.8) is 0 Å². The van der Waals surface area contributed by atoms with Crippen molar-refractivity contribution in [1.82, 2.24) is 0 Å². The van der Waals surface area contributed by atoms with E-state index in [0.717, 1.165) is 28.1 Å². The Bertz CT molecular complexity index is 747. The summed E-state index contributed by atoms with van der Waals surface area (Å²) in [7, 11) is 0. The van der Waals surface area contributed by atoms with Crippen molar-refractivity contribution in [2.24, 2.45) is 0 Å². The zero-order valence-corrected chi connectivity index (χ0v) is 16.6. The van der Waals surface area contributed by atoms with Crippen molar-refractivity contribution in [3.8, 4) is 0 Å². The molecule has 0 aromatic heterocycles. The maximum atomic E-state index is 6.62. The van der Waals surface area contributed by atoms with Crippen LogP contribution in [0.1, 0.15) is 34.8 Å². The Balaban J connectivity index is -0.000000374. The molecular formula is C22H31BN3. The van der Waals surface area contributed by atoms with Crippen LogP contribution in [-0.4, -0.2) is 8.41 Å². The van der Waals surface area contributed by atoms with E-state index >= 15 is 0 Å². The third-order valence-corrected chi connectivity index (χ3v) is 3.70. The predicted molar refractivity (Wildman–Crippen MR) is 120 cm³/mol. The standard InChI is InChI=1S/C11H12N2.C9H13N.C2H4.B.H2/c1-8-6-10(4-5-13-3)7-9(2)11(8)12;1-6-4-7(2)9(10)8(3)5-6;1-2;;/h4-7H,12H2,1-2H3;4-5H,10H2,1-3H3;1-2H2;;1H/b5-4+;;;;/i;;;;1+1. The van der Waals surface area contributed by atoms with Crippen LogP contribution in [0.5, 0.6) is 0 Å². The van der Waals surface area contributed by atoms with E-state index in [1.807, 2.05) is 39.8 Å². The lowest BCUT2D eigenvalue weighted by molar-refractivity contribution is 1.33. The quantitative estimate of drug-likeness (QED) is 0.303. The van der Waals surface area contributed by atoms with Gasteiger partial charge in [-0.3, -0.25) is 0 Å². The molecule has 3 nitrogen and oxygen atoms in total. The lowest BCUT2D eigenvalue weighted by atomic mass is 10.0. The summed E-state index contributed by atoms with van der Waals surface area (Å²) < 4.78 is 0. The summed E-state index contributed by atoms with van der Waals surface area (Å²) in [6, 6.07) is 8.15. The summed E-state index contributed by atoms with van der Waals surface area (Å²) in [5.74, 6) is 0. The summed E-state index contributed by atoms with van der Waals surface area (Å²) in [6.07, 6.45) is 3.23. The van der Waals surface area contributed by atoms with Crippen LogP contribution in [0.4, 0.5) is 11.4 Å². The SMILES string of the molecule is C=C.Cc1cc(C)c(N)c(C)c1.[2HH].[B].[C-]#[N+]/C=C/c1cc(C)c(N)c(C)c1. The molecule has 0 aliphatic rings. The lowest BCUT2D eigenvalue weighted by Crippen LogP contribution is -1.93. The smallest absolute Gasteiger partial charge is 0.154 e. The normalized spacial score (nSPS) is 9.08. The third kappa shape index (κ3) is 7.76. The molecule has 0 atom stereocenters. The number of rotatable bonds is 1. The largest absolute Gasteiger partial charge is 0.398 e. The van der Waals surface area contributed by atoms with Gasteiger partial charge in [0.25, 0.3) is 0 Å². The summed E-state index contributed by atoms with van der Waals surface area (Å²) in [4.78, 5) is 3.15.